The lowest BCUT2D eigenvalue weighted by molar-refractivity contribution is -0.118. The Labute approximate surface area is 184 Å². The second kappa shape index (κ2) is 11.5. The van der Waals surface area contributed by atoms with Crippen molar-refractivity contribution < 1.29 is 17.1 Å². The van der Waals surface area contributed by atoms with Gasteiger partial charge < -0.3 is 17.7 Å². The Morgan fingerprint density at radius 2 is 1.28 bits per heavy atom. The molecule has 1 N–H and O–H groups in total. The molecule has 0 fully saturated rings. The third-order valence-electron chi connectivity index (χ3n) is 4.52. The molecule has 0 heterocycles. The van der Waals surface area contributed by atoms with Crippen LogP contribution in [-0.2, 0) is 17.1 Å². The highest BCUT2D eigenvalue weighted by Crippen LogP contribution is 2.32. The molecule has 1 atom stereocenters. The Morgan fingerprint density at radius 1 is 0.862 bits per heavy atom. The van der Waals surface area contributed by atoms with Gasteiger partial charge in [0.15, 0.2) is 25.0 Å². The lowest BCUT2D eigenvalue weighted by Crippen LogP contribution is -2.71. The fourth-order valence-electron chi connectivity index (χ4n) is 3.50. The summed E-state index contributed by atoms with van der Waals surface area (Å²) in [4.78, 5) is 12.6. The predicted molar refractivity (Wildman–Crippen MR) is 135 cm³/mol. The van der Waals surface area contributed by atoms with Gasteiger partial charge in [-0.05, 0) is 71.3 Å². The van der Waals surface area contributed by atoms with E-state index in [-0.39, 0.29) is 11.6 Å². The van der Waals surface area contributed by atoms with Crippen LogP contribution in [0.25, 0.3) is 0 Å². The lowest BCUT2D eigenvalue weighted by atomic mass is 10.3. The van der Waals surface area contributed by atoms with E-state index < -0.39 is 33.8 Å². The van der Waals surface area contributed by atoms with E-state index in [0.717, 1.165) is 24.9 Å². The van der Waals surface area contributed by atoms with Gasteiger partial charge in [-0.1, -0.05) is 40.2 Å². The van der Waals surface area contributed by atoms with E-state index in [0.29, 0.717) is 12.0 Å². The molecule has 0 saturated carbocycles. The number of amides is 1. The van der Waals surface area contributed by atoms with Crippen LogP contribution in [0.15, 0.2) is 12.2 Å². The average Bonchev–Trinajstić information content (AvgIpc) is 2.48. The van der Waals surface area contributed by atoms with Crippen LogP contribution in [0.1, 0.15) is 47.0 Å². The molecule has 0 rings (SSSR count). The van der Waals surface area contributed by atoms with Crippen molar-refractivity contribution in [3.8, 4) is 0 Å². The van der Waals surface area contributed by atoms with E-state index in [1.807, 2.05) is 0 Å². The summed E-state index contributed by atoms with van der Waals surface area (Å²) in [5, 5.41) is 3.17. The molecular weight excluding hydrogens is 431 g/mol. The van der Waals surface area contributed by atoms with Crippen LogP contribution in [0.2, 0.25) is 57.9 Å². The molecule has 5 nitrogen and oxygen atoms in total. The molecule has 0 radical (unpaired) electrons. The minimum atomic E-state index is -3.20. The Balaban J connectivity index is 6.44. The molecule has 0 bridgehead atoms. The minimum Gasteiger partial charge on any atom is -0.416 e. The Bertz CT molecular complexity index is 527. The van der Waals surface area contributed by atoms with E-state index in [1.165, 1.54) is 0 Å². The molecule has 0 aromatic rings. The van der Waals surface area contributed by atoms with Crippen molar-refractivity contribution in [3.05, 3.63) is 12.2 Å². The van der Waals surface area contributed by atoms with Gasteiger partial charge in [-0.3, -0.25) is 4.79 Å². The monoisotopic (exact) mass is 477 g/mol. The van der Waals surface area contributed by atoms with Gasteiger partial charge in [0, 0.05) is 5.57 Å². The maximum Gasteiger partial charge on any atom is 0.493 e. The Morgan fingerprint density at radius 3 is 1.55 bits per heavy atom. The molecule has 0 aromatic heterocycles. The van der Waals surface area contributed by atoms with Crippen LogP contribution >= 0.6 is 0 Å². The number of hydrogen-bond donors (Lipinski definition) is 1. The van der Waals surface area contributed by atoms with E-state index in [1.54, 1.807) is 6.92 Å². The van der Waals surface area contributed by atoms with Crippen molar-refractivity contribution in [1.82, 2.24) is 5.32 Å². The maximum atomic E-state index is 12.6. The van der Waals surface area contributed by atoms with Crippen molar-refractivity contribution >= 4 is 39.7 Å². The molecule has 1 amide bonds. The SMILES string of the molecule is C=C(C)C(=O)NC(CC)[Si](O[Si](C)(C)C)(O[Si](C)(C)CCC)O[Si](C)(C)CCC. The first-order chi connectivity index (χ1) is 13.0. The zero-order chi connectivity index (χ0) is 23.1. The lowest BCUT2D eigenvalue weighted by Gasteiger charge is -2.47. The van der Waals surface area contributed by atoms with Crippen LogP contribution in [0.3, 0.4) is 0 Å². The summed E-state index contributed by atoms with van der Waals surface area (Å²) in [6, 6.07) is 2.08. The van der Waals surface area contributed by atoms with Crippen molar-refractivity contribution in [2.75, 3.05) is 0 Å². The number of nitrogens with one attached hydrogen (secondary N) is 1. The van der Waals surface area contributed by atoms with Crippen LogP contribution < -0.4 is 5.32 Å². The molecule has 0 saturated heterocycles. The molecule has 0 aliphatic carbocycles. The fraction of sp³-hybridized carbons (Fsp3) is 0.850. The van der Waals surface area contributed by atoms with Crippen molar-refractivity contribution in [1.29, 1.82) is 0 Å². The van der Waals surface area contributed by atoms with Gasteiger partial charge in [0.25, 0.3) is 0 Å². The van der Waals surface area contributed by atoms with Crippen molar-refractivity contribution in [3.63, 3.8) is 0 Å². The number of rotatable bonds is 14. The highest BCUT2D eigenvalue weighted by molar-refractivity contribution is 6.91. The Kier molecular flexibility index (Phi) is 11.5. The quantitative estimate of drug-likeness (QED) is 0.244. The van der Waals surface area contributed by atoms with Gasteiger partial charge >= 0.3 is 8.80 Å². The molecular formula is C20H47NO4Si4. The van der Waals surface area contributed by atoms with E-state index in [9.17, 15) is 4.79 Å². The summed E-state index contributed by atoms with van der Waals surface area (Å²) in [5.74, 6) is -0.148. The first-order valence-corrected chi connectivity index (χ1v) is 22.5. The van der Waals surface area contributed by atoms with Crippen molar-refractivity contribution in [2.24, 2.45) is 0 Å². The van der Waals surface area contributed by atoms with Gasteiger partial charge in [0.1, 0.15) is 0 Å². The van der Waals surface area contributed by atoms with Crippen molar-refractivity contribution in [2.45, 2.75) is 111 Å². The number of hydrogen-bond acceptors (Lipinski definition) is 4. The normalized spacial score (nSPS) is 14.6. The van der Waals surface area contributed by atoms with Gasteiger partial charge in [-0.25, -0.2) is 0 Å². The molecule has 1 unspecified atom stereocenters. The summed E-state index contributed by atoms with van der Waals surface area (Å²) in [7, 11) is -9.29. The van der Waals surface area contributed by atoms with E-state index in [2.05, 4.69) is 78.5 Å². The number of carbonyl (C=O) groups is 1. The fourth-order valence-corrected chi connectivity index (χ4v) is 20.4. The van der Waals surface area contributed by atoms with Gasteiger partial charge in [0.2, 0.25) is 5.91 Å². The summed E-state index contributed by atoms with van der Waals surface area (Å²) in [5.41, 5.74) is 0.236. The van der Waals surface area contributed by atoms with Crippen LogP contribution in [0.5, 0.6) is 0 Å². The maximum absolute atomic E-state index is 12.6. The average molecular weight is 478 g/mol. The Hall–Kier alpha value is -0.0425. The molecule has 29 heavy (non-hydrogen) atoms. The first-order valence-electron chi connectivity index (χ1n) is 11.1. The third kappa shape index (κ3) is 10.7. The van der Waals surface area contributed by atoms with Gasteiger partial charge in [-0.15, -0.1) is 0 Å². The van der Waals surface area contributed by atoms with Crippen LogP contribution in [0, 0.1) is 0 Å². The molecule has 172 valence electrons. The molecule has 9 heteroatoms. The topological polar surface area (TPSA) is 56.8 Å². The van der Waals surface area contributed by atoms with Gasteiger partial charge in [-0.2, -0.15) is 0 Å². The highest BCUT2D eigenvalue weighted by Gasteiger charge is 2.57. The smallest absolute Gasteiger partial charge is 0.416 e. The molecule has 0 aromatic carbocycles. The largest absolute Gasteiger partial charge is 0.493 e. The summed E-state index contributed by atoms with van der Waals surface area (Å²) in [6.07, 6.45) is 2.85. The summed E-state index contributed by atoms with van der Waals surface area (Å²) < 4.78 is 20.9. The standard InChI is InChI=1S/C20H47NO4Si4/c1-13-16-27(9,10)24-29(23-26(6,7)8,25-28(11,12)17-14-2)19(15-3)21-20(22)18(4)5/h19H,4,13-17H2,1-3,5-12H3,(H,21,22). The first kappa shape index (κ1) is 29.0. The zero-order valence-electron chi connectivity index (χ0n) is 21.0. The van der Waals surface area contributed by atoms with Crippen LogP contribution in [-0.4, -0.2) is 45.3 Å². The minimum absolute atomic E-state index is 0.148. The third-order valence-corrected chi connectivity index (χ3v) is 19.6. The van der Waals surface area contributed by atoms with E-state index in [4.69, 9.17) is 12.3 Å². The molecule has 0 aliphatic heterocycles. The number of carbonyl (C=O) groups excluding carboxylic acids is 1. The second-order valence-electron chi connectivity index (χ2n) is 10.3. The van der Waals surface area contributed by atoms with E-state index >= 15 is 0 Å². The van der Waals surface area contributed by atoms with Crippen LogP contribution in [0.4, 0.5) is 0 Å². The predicted octanol–water partition coefficient (Wildman–Crippen LogP) is 6.05. The highest BCUT2D eigenvalue weighted by atomic mass is 28.5. The van der Waals surface area contributed by atoms with Gasteiger partial charge in [0.05, 0.1) is 5.67 Å². The second-order valence-corrected chi connectivity index (χ2v) is 26.9. The summed E-state index contributed by atoms with van der Waals surface area (Å²) in [6.45, 7) is 27.5. The zero-order valence-corrected chi connectivity index (χ0v) is 25.0. The molecule has 0 spiro atoms. The summed E-state index contributed by atoms with van der Waals surface area (Å²) >= 11 is 0. The molecule has 0 aliphatic rings.